The Morgan fingerprint density at radius 3 is 2.58 bits per heavy atom. The number of carbonyl (C=O) groups excluding carboxylic acids is 4. The highest BCUT2D eigenvalue weighted by atomic mass is 19.4. The van der Waals surface area contributed by atoms with Crippen molar-refractivity contribution in [1.82, 2.24) is 34.9 Å². The Hall–Kier alpha value is -5.54. The molecule has 3 aromatic heterocycles. The van der Waals surface area contributed by atoms with E-state index in [1.807, 2.05) is 18.2 Å². The number of amides is 3. The third-order valence-electron chi connectivity index (χ3n) is 9.14. The molecular formula is C36H36F4N8O4. The van der Waals surface area contributed by atoms with E-state index >= 15 is 4.39 Å². The minimum atomic E-state index is -4.79. The van der Waals surface area contributed by atoms with Crippen molar-refractivity contribution in [3.8, 4) is 11.3 Å². The number of allylic oxidation sites excluding steroid dienone is 2. The Bertz CT molecular complexity index is 2100. The number of anilines is 1. The van der Waals surface area contributed by atoms with Crippen molar-refractivity contribution in [2.75, 3.05) is 18.4 Å². The van der Waals surface area contributed by atoms with Gasteiger partial charge in [0.25, 0.3) is 0 Å². The molecule has 16 heteroatoms. The predicted molar refractivity (Wildman–Crippen MR) is 182 cm³/mol. The third-order valence-corrected chi connectivity index (χ3v) is 9.14. The quantitative estimate of drug-likeness (QED) is 0.169. The molecule has 3 amide bonds. The van der Waals surface area contributed by atoms with Gasteiger partial charge >= 0.3 is 6.18 Å². The molecule has 2 N–H and O–H groups in total. The highest BCUT2D eigenvalue weighted by molar-refractivity contribution is 6.07. The molecule has 272 valence electrons. The molecule has 0 spiro atoms. The van der Waals surface area contributed by atoms with Crippen molar-refractivity contribution in [2.24, 2.45) is 0 Å². The first-order chi connectivity index (χ1) is 24.6. The number of halogens is 4. The number of pyridine rings is 1. The molecule has 0 unspecified atom stereocenters. The molecule has 1 aromatic carbocycles. The fraction of sp³-hybridized carbons (Fsp3) is 0.389. The minimum Gasteiger partial charge on any atom is -0.353 e. The maximum atomic E-state index is 16.5. The highest BCUT2D eigenvalue weighted by Gasteiger charge is 2.50. The number of alkyl halides is 4. The van der Waals surface area contributed by atoms with Crippen LogP contribution in [0.3, 0.4) is 0 Å². The molecule has 1 saturated heterocycles. The summed E-state index contributed by atoms with van der Waals surface area (Å²) in [6.07, 6.45) is 3.22. The number of carbonyl (C=O) groups is 4. The number of hydrogen-bond donors (Lipinski definition) is 2. The van der Waals surface area contributed by atoms with Crippen LogP contribution >= 0.6 is 0 Å². The zero-order valence-electron chi connectivity index (χ0n) is 28.7. The third kappa shape index (κ3) is 7.70. The lowest BCUT2D eigenvalue weighted by atomic mass is 9.99. The van der Waals surface area contributed by atoms with Crippen molar-refractivity contribution >= 4 is 40.2 Å². The molecular weight excluding hydrogens is 684 g/mol. The number of aryl methyl sites for hydroxylation is 2. The number of nitrogens with zero attached hydrogens (tertiary/aromatic N) is 6. The van der Waals surface area contributed by atoms with Crippen LogP contribution in [0.2, 0.25) is 0 Å². The molecule has 0 saturated carbocycles. The van der Waals surface area contributed by atoms with Crippen LogP contribution in [-0.4, -0.2) is 77.9 Å². The van der Waals surface area contributed by atoms with Crippen LogP contribution < -0.4 is 10.6 Å². The monoisotopic (exact) mass is 720 g/mol. The summed E-state index contributed by atoms with van der Waals surface area (Å²) in [5.74, 6) is -2.85. The second-order valence-corrected chi connectivity index (χ2v) is 13.2. The SMILES string of the molecule is CC(=O)c1nn2c3c(cc(-c4cnc(C)cn4)cc13)CC=CCCCC(=O)NC[C@@]1(F)C[C@@H](C(=O)Nc3nc(C(F)(F)F)ccc3C)N(C1)C(=O)C2. The number of fused-ring (bicyclic) bond motifs is 2. The Balaban J connectivity index is 1.42. The average molecular weight is 721 g/mol. The van der Waals surface area contributed by atoms with Crippen LogP contribution in [0.4, 0.5) is 23.4 Å². The van der Waals surface area contributed by atoms with Crippen molar-refractivity contribution in [1.29, 1.82) is 0 Å². The van der Waals surface area contributed by atoms with Gasteiger partial charge in [-0.05, 0) is 62.4 Å². The number of hydrogen-bond acceptors (Lipinski definition) is 8. The number of ketones is 1. The van der Waals surface area contributed by atoms with Crippen molar-refractivity contribution in [2.45, 2.75) is 77.3 Å². The maximum Gasteiger partial charge on any atom is 0.433 e. The summed E-state index contributed by atoms with van der Waals surface area (Å²) in [4.78, 5) is 66.8. The summed E-state index contributed by atoms with van der Waals surface area (Å²) < 4.78 is 58.1. The average Bonchev–Trinajstić information content (AvgIpc) is 3.64. The van der Waals surface area contributed by atoms with E-state index in [2.05, 4.69) is 30.7 Å². The molecule has 1 fully saturated rings. The summed E-state index contributed by atoms with van der Waals surface area (Å²) in [5.41, 5.74) is -0.0711. The number of nitrogens with one attached hydrogen (secondary N) is 2. The Labute approximate surface area is 295 Å². The Morgan fingerprint density at radius 2 is 1.87 bits per heavy atom. The second kappa shape index (κ2) is 14.2. The molecule has 0 radical (unpaired) electrons. The fourth-order valence-electron chi connectivity index (χ4n) is 6.47. The summed E-state index contributed by atoms with van der Waals surface area (Å²) in [7, 11) is 0. The van der Waals surface area contributed by atoms with E-state index in [0.29, 0.717) is 52.7 Å². The highest BCUT2D eigenvalue weighted by Crippen LogP contribution is 2.35. The van der Waals surface area contributed by atoms with Crippen LogP contribution in [0.25, 0.3) is 22.2 Å². The molecule has 6 rings (SSSR count). The smallest absolute Gasteiger partial charge is 0.353 e. The Kier molecular flexibility index (Phi) is 9.92. The lowest BCUT2D eigenvalue weighted by Gasteiger charge is -2.24. The van der Waals surface area contributed by atoms with E-state index in [-0.39, 0.29) is 29.3 Å². The standard InChI is InChI=1S/C36H36F4N8O4/c1-20-10-11-28(36(38,39)40)44-33(20)45-34(52)27-14-35(37)18-43-29(50)9-7-5-4-6-8-23-12-24(26-16-41-21(2)15-42-26)13-25-31(22(3)49)46-48(32(23)25)17-30(51)47(27)19-35/h4,6,10-13,15-16,27H,5,7-9,14,17-19H2,1-3H3,(H,43,50)(H,44,45,52)/t27-,35-/m0/s1. The van der Waals surface area contributed by atoms with Crippen LogP contribution in [0.15, 0.2) is 48.8 Å². The molecule has 0 aliphatic carbocycles. The van der Waals surface area contributed by atoms with Gasteiger partial charge in [-0.25, -0.2) is 9.37 Å². The van der Waals surface area contributed by atoms with Gasteiger partial charge in [-0.2, -0.15) is 18.3 Å². The van der Waals surface area contributed by atoms with Crippen LogP contribution in [0.5, 0.6) is 0 Å². The Morgan fingerprint density at radius 1 is 1.08 bits per heavy atom. The zero-order valence-corrected chi connectivity index (χ0v) is 28.7. The van der Waals surface area contributed by atoms with E-state index < -0.39 is 67.4 Å². The van der Waals surface area contributed by atoms with Crippen LogP contribution in [-0.2, 0) is 33.5 Å². The molecule has 2 atom stereocenters. The van der Waals surface area contributed by atoms with E-state index in [1.54, 1.807) is 25.4 Å². The first-order valence-electron chi connectivity index (χ1n) is 16.7. The van der Waals surface area contributed by atoms with Gasteiger partial charge in [0.2, 0.25) is 17.7 Å². The summed E-state index contributed by atoms with van der Waals surface area (Å²) in [5, 5.41) is 9.90. The van der Waals surface area contributed by atoms with Crippen molar-refractivity contribution < 1.29 is 36.7 Å². The summed E-state index contributed by atoms with van der Waals surface area (Å²) >= 11 is 0. The first-order valence-corrected chi connectivity index (χ1v) is 16.7. The molecule has 2 aliphatic heterocycles. The molecule has 52 heavy (non-hydrogen) atoms. The molecule has 4 aromatic rings. The molecule has 12 nitrogen and oxygen atoms in total. The maximum absolute atomic E-state index is 16.5. The van der Waals surface area contributed by atoms with E-state index in [9.17, 15) is 32.3 Å². The summed E-state index contributed by atoms with van der Waals surface area (Å²) in [6, 6.07) is 4.05. The van der Waals surface area contributed by atoms with Gasteiger partial charge in [-0.3, -0.25) is 33.8 Å². The number of rotatable bonds is 4. The molecule has 2 bridgehead atoms. The molecule has 5 heterocycles. The van der Waals surface area contributed by atoms with Gasteiger partial charge in [0.1, 0.15) is 35.5 Å². The lowest BCUT2D eigenvalue weighted by molar-refractivity contribution is -0.141. The van der Waals surface area contributed by atoms with Crippen LogP contribution in [0.1, 0.15) is 65.6 Å². The summed E-state index contributed by atoms with van der Waals surface area (Å²) in [6.45, 7) is 3.01. The zero-order chi connectivity index (χ0) is 37.4. The van der Waals surface area contributed by atoms with Gasteiger partial charge in [0.15, 0.2) is 5.78 Å². The van der Waals surface area contributed by atoms with Gasteiger partial charge in [-0.15, -0.1) is 0 Å². The minimum absolute atomic E-state index is 0.0914. The normalized spacial score (nSPS) is 20.1. The second-order valence-electron chi connectivity index (χ2n) is 13.2. The number of aromatic nitrogens is 5. The van der Waals surface area contributed by atoms with Crippen molar-refractivity contribution in [3.63, 3.8) is 0 Å². The van der Waals surface area contributed by atoms with Crippen LogP contribution in [0, 0.1) is 13.8 Å². The number of benzene rings is 1. The molecule has 2 aliphatic rings. The van der Waals surface area contributed by atoms with E-state index in [1.165, 1.54) is 18.5 Å². The van der Waals surface area contributed by atoms with E-state index in [0.717, 1.165) is 17.0 Å². The first kappa shape index (κ1) is 36.3. The predicted octanol–water partition coefficient (Wildman–Crippen LogP) is 5.07. The van der Waals surface area contributed by atoms with E-state index in [4.69, 9.17) is 0 Å². The van der Waals surface area contributed by atoms with Crippen molar-refractivity contribution in [3.05, 3.63) is 77.0 Å². The van der Waals surface area contributed by atoms with Gasteiger partial charge in [0, 0.05) is 36.9 Å². The number of Topliss-reactive ketones (excluding diaryl/α,β-unsaturated/α-hetero) is 1. The lowest BCUT2D eigenvalue weighted by Crippen LogP contribution is -2.45. The van der Waals surface area contributed by atoms with Gasteiger partial charge in [-0.1, -0.05) is 18.2 Å². The van der Waals surface area contributed by atoms with Gasteiger partial charge in [0.05, 0.1) is 36.2 Å². The topological polar surface area (TPSA) is 152 Å². The largest absolute Gasteiger partial charge is 0.433 e. The van der Waals surface area contributed by atoms with Gasteiger partial charge < -0.3 is 15.5 Å². The fourth-order valence-corrected chi connectivity index (χ4v) is 6.47.